The van der Waals surface area contributed by atoms with Crippen molar-refractivity contribution < 1.29 is 0 Å². The third-order valence-corrected chi connectivity index (χ3v) is 2.81. The minimum Gasteiger partial charge on any atom is -0.311 e. The van der Waals surface area contributed by atoms with Gasteiger partial charge < -0.3 is 10.6 Å². The number of nitrogens with one attached hydrogen (secondary N) is 2. The number of hydrogen-bond donors (Lipinski definition) is 2. The van der Waals surface area contributed by atoms with E-state index >= 15 is 0 Å². The van der Waals surface area contributed by atoms with E-state index in [0.717, 1.165) is 19.5 Å². The summed E-state index contributed by atoms with van der Waals surface area (Å²) in [7, 11) is 0. The van der Waals surface area contributed by atoms with Crippen LogP contribution in [0.1, 0.15) is 12.5 Å². The van der Waals surface area contributed by atoms with E-state index in [1.54, 1.807) is 0 Å². The number of rotatable bonds is 2. The SMILES string of the molecule is CC1NCCNC1Cc1ccncc1. The fourth-order valence-electron chi connectivity index (χ4n) is 1.90. The van der Waals surface area contributed by atoms with Crippen molar-refractivity contribution in [2.45, 2.75) is 25.4 Å². The van der Waals surface area contributed by atoms with Gasteiger partial charge in [0.15, 0.2) is 0 Å². The smallest absolute Gasteiger partial charge is 0.0270 e. The van der Waals surface area contributed by atoms with Gasteiger partial charge >= 0.3 is 0 Å². The van der Waals surface area contributed by atoms with Crippen LogP contribution < -0.4 is 10.6 Å². The van der Waals surface area contributed by atoms with Crippen molar-refractivity contribution in [2.24, 2.45) is 0 Å². The number of aromatic nitrogens is 1. The second kappa shape index (κ2) is 4.53. The quantitative estimate of drug-likeness (QED) is 0.718. The lowest BCUT2D eigenvalue weighted by molar-refractivity contribution is 0.336. The van der Waals surface area contributed by atoms with Crippen LogP contribution in [0.4, 0.5) is 0 Å². The van der Waals surface area contributed by atoms with E-state index in [0.29, 0.717) is 12.1 Å². The second-order valence-electron chi connectivity index (χ2n) is 3.86. The zero-order chi connectivity index (χ0) is 9.80. The Morgan fingerprint density at radius 1 is 1.29 bits per heavy atom. The molecule has 0 bridgehead atoms. The van der Waals surface area contributed by atoms with Gasteiger partial charge in [-0.25, -0.2) is 0 Å². The van der Waals surface area contributed by atoms with Crippen LogP contribution in [0.25, 0.3) is 0 Å². The van der Waals surface area contributed by atoms with E-state index in [9.17, 15) is 0 Å². The Labute approximate surface area is 84.9 Å². The zero-order valence-corrected chi connectivity index (χ0v) is 8.53. The normalized spacial score (nSPS) is 27.5. The molecule has 0 aromatic carbocycles. The topological polar surface area (TPSA) is 37.0 Å². The second-order valence-corrected chi connectivity index (χ2v) is 3.86. The summed E-state index contributed by atoms with van der Waals surface area (Å²) in [5.74, 6) is 0. The molecular weight excluding hydrogens is 174 g/mol. The first kappa shape index (κ1) is 9.62. The van der Waals surface area contributed by atoms with Crippen molar-refractivity contribution in [1.82, 2.24) is 15.6 Å². The highest BCUT2D eigenvalue weighted by Crippen LogP contribution is 2.06. The molecule has 14 heavy (non-hydrogen) atoms. The van der Waals surface area contributed by atoms with E-state index in [-0.39, 0.29) is 0 Å². The number of piperazine rings is 1. The lowest BCUT2D eigenvalue weighted by atomic mass is 10.00. The van der Waals surface area contributed by atoms with E-state index in [2.05, 4.69) is 34.7 Å². The maximum absolute atomic E-state index is 4.02. The fraction of sp³-hybridized carbons (Fsp3) is 0.545. The fourth-order valence-corrected chi connectivity index (χ4v) is 1.90. The molecule has 1 fully saturated rings. The molecule has 1 aromatic heterocycles. The molecule has 1 saturated heterocycles. The van der Waals surface area contributed by atoms with Crippen LogP contribution in [-0.4, -0.2) is 30.2 Å². The molecule has 2 heterocycles. The van der Waals surface area contributed by atoms with Crippen LogP contribution in [0.3, 0.4) is 0 Å². The Balaban J connectivity index is 1.96. The van der Waals surface area contributed by atoms with Crippen LogP contribution in [0.2, 0.25) is 0 Å². The van der Waals surface area contributed by atoms with Crippen molar-refractivity contribution in [3.63, 3.8) is 0 Å². The Kier molecular flexibility index (Phi) is 3.11. The maximum atomic E-state index is 4.02. The molecule has 0 radical (unpaired) electrons. The molecule has 2 rings (SSSR count). The Morgan fingerprint density at radius 2 is 2.00 bits per heavy atom. The standard InChI is InChI=1S/C11H17N3/c1-9-11(14-7-6-13-9)8-10-2-4-12-5-3-10/h2-5,9,11,13-14H,6-8H2,1H3. The van der Waals surface area contributed by atoms with Gasteiger partial charge in [-0.05, 0) is 31.0 Å². The van der Waals surface area contributed by atoms with E-state index in [1.165, 1.54) is 5.56 Å². The predicted octanol–water partition coefficient (Wildman–Crippen LogP) is 0.574. The van der Waals surface area contributed by atoms with Gasteiger partial charge in [0.05, 0.1) is 0 Å². The Hall–Kier alpha value is -0.930. The van der Waals surface area contributed by atoms with Gasteiger partial charge in [-0.15, -0.1) is 0 Å². The third-order valence-electron chi connectivity index (χ3n) is 2.81. The molecule has 76 valence electrons. The molecule has 0 spiro atoms. The summed E-state index contributed by atoms with van der Waals surface area (Å²) in [4.78, 5) is 4.02. The van der Waals surface area contributed by atoms with Gasteiger partial charge in [0.1, 0.15) is 0 Å². The lowest BCUT2D eigenvalue weighted by Crippen LogP contribution is -2.55. The Morgan fingerprint density at radius 3 is 2.71 bits per heavy atom. The highest BCUT2D eigenvalue weighted by molar-refractivity contribution is 5.12. The third kappa shape index (κ3) is 2.30. The minimum atomic E-state index is 0.547. The Bertz CT molecular complexity index is 273. The molecule has 1 aliphatic heterocycles. The summed E-state index contributed by atoms with van der Waals surface area (Å²) in [6.07, 6.45) is 4.79. The van der Waals surface area contributed by atoms with Crippen LogP contribution in [-0.2, 0) is 6.42 Å². The largest absolute Gasteiger partial charge is 0.311 e. The predicted molar refractivity (Wildman–Crippen MR) is 57.2 cm³/mol. The molecule has 3 heteroatoms. The highest BCUT2D eigenvalue weighted by atomic mass is 15.1. The maximum Gasteiger partial charge on any atom is 0.0270 e. The van der Waals surface area contributed by atoms with Crippen LogP contribution in [0, 0.1) is 0 Å². The van der Waals surface area contributed by atoms with Gasteiger partial charge in [0.25, 0.3) is 0 Å². The first-order chi connectivity index (χ1) is 6.86. The molecule has 2 N–H and O–H groups in total. The van der Waals surface area contributed by atoms with Gasteiger partial charge in [-0.1, -0.05) is 0 Å². The summed E-state index contributed by atoms with van der Waals surface area (Å²) in [5, 5.41) is 7.01. The van der Waals surface area contributed by atoms with Crippen LogP contribution in [0.5, 0.6) is 0 Å². The van der Waals surface area contributed by atoms with Crippen molar-refractivity contribution in [2.75, 3.05) is 13.1 Å². The average molecular weight is 191 g/mol. The summed E-state index contributed by atoms with van der Waals surface area (Å²) >= 11 is 0. The molecule has 2 atom stereocenters. The number of pyridine rings is 1. The van der Waals surface area contributed by atoms with Crippen molar-refractivity contribution in [3.8, 4) is 0 Å². The molecule has 1 aromatic rings. The molecule has 0 aliphatic carbocycles. The van der Waals surface area contributed by atoms with Gasteiger partial charge in [0, 0.05) is 37.6 Å². The van der Waals surface area contributed by atoms with E-state index < -0.39 is 0 Å². The first-order valence-corrected chi connectivity index (χ1v) is 5.22. The molecule has 0 saturated carbocycles. The van der Waals surface area contributed by atoms with Crippen LogP contribution in [0.15, 0.2) is 24.5 Å². The van der Waals surface area contributed by atoms with Crippen molar-refractivity contribution in [1.29, 1.82) is 0 Å². The molecule has 1 aliphatic rings. The average Bonchev–Trinajstić information content (AvgIpc) is 2.23. The zero-order valence-electron chi connectivity index (χ0n) is 8.53. The van der Waals surface area contributed by atoms with Crippen LogP contribution >= 0.6 is 0 Å². The van der Waals surface area contributed by atoms with Gasteiger partial charge in [-0.3, -0.25) is 4.98 Å². The number of nitrogens with zero attached hydrogens (tertiary/aromatic N) is 1. The summed E-state index contributed by atoms with van der Waals surface area (Å²) in [6, 6.07) is 5.27. The lowest BCUT2D eigenvalue weighted by Gasteiger charge is -2.31. The molecule has 3 nitrogen and oxygen atoms in total. The first-order valence-electron chi connectivity index (χ1n) is 5.22. The van der Waals surface area contributed by atoms with E-state index in [1.807, 2.05) is 12.4 Å². The summed E-state index contributed by atoms with van der Waals surface area (Å²) < 4.78 is 0. The molecule has 2 unspecified atom stereocenters. The van der Waals surface area contributed by atoms with Crippen molar-refractivity contribution >= 4 is 0 Å². The monoisotopic (exact) mass is 191 g/mol. The van der Waals surface area contributed by atoms with Gasteiger partial charge in [0.2, 0.25) is 0 Å². The van der Waals surface area contributed by atoms with Gasteiger partial charge in [-0.2, -0.15) is 0 Å². The molecule has 0 amide bonds. The number of hydrogen-bond acceptors (Lipinski definition) is 3. The summed E-state index contributed by atoms with van der Waals surface area (Å²) in [6.45, 7) is 4.38. The highest BCUT2D eigenvalue weighted by Gasteiger charge is 2.19. The minimum absolute atomic E-state index is 0.547. The van der Waals surface area contributed by atoms with Crippen molar-refractivity contribution in [3.05, 3.63) is 30.1 Å². The summed E-state index contributed by atoms with van der Waals surface area (Å²) in [5.41, 5.74) is 1.35. The molecular formula is C11H17N3. The van der Waals surface area contributed by atoms with E-state index in [4.69, 9.17) is 0 Å².